The number of rotatable bonds is 3. The first kappa shape index (κ1) is 18.8. The van der Waals surface area contributed by atoms with Gasteiger partial charge in [0.2, 0.25) is 0 Å². The van der Waals surface area contributed by atoms with Crippen molar-refractivity contribution < 1.29 is 22.8 Å². The Morgan fingerprint density at radius 3 is 2.41 bits per heavy atom. The third-order valence-electron chi connectivity index (χ3n) is 4.04. The molecule has 4 N–H and O–H groups in total. The third-order valence-corrected chi connectivity index (χ3v) is 4.04. The molecule has 7 nitrogen and oxygen atoms in total. The summed E-state index contributed by atoms with van der Waals surface area (Å²) in [5.74, 6) is -1.25. The van der Waals surface area contributed by atoms with E-state index >= 15 is 0 Å². The number of carbonyl (C=O) groups excluding carboxylic acids is 2. The molecule has 142 valence electrons. The van der Waals surface area contributed by atoms with Crippen molar-refractivity contribution in [2.75, 3.05) is 0 Å². The van der Waals surface area contributed by atoms with Crippen molar-refractivity contribution in [2.24, 2.45) is 0 Å². The summed E-state index contributed by atoms with van der Waals surface area (Å²) in [4.78, 5) is 27.3. The molecule has 0 radical (unpaired) electrons. The van der Waals surface area contributed by atoms with Gasteiger partial charge in [0.25, 0.3) is 11.8 Å². The van der Waals surface area contributed by atoms with Gasteiger partial charge in [-0.05, 0) is 24.1 Å². The fourth-order valence-electron chi connectivity index (χ4n) is 2.61. The number of hydrogen-bond donors (Lipinski definition) is 4. The lowest BCUT2D eigenvalue weighted by Gasteiger charge is -2.12. The quantitative estimate of drug-likeness (QED) is 0.606. The van der Waals surface area contributed by atoms with Crippen LogP contribution in [0.1, 0.15) is 34.1 Å². The average molecular weight is 379 g/mol. The first-order valence-corrected chi connectivity index (χ1v) is 8.04. The van der Waals surface area contributed by atoms with Crippen molar-refractivity contribution in [1.82, 2.24) is 26.7 Å². The Bertz CT molecular complexity index is 812. The van der Waals surface area contributed by atoms with Crippen LogP contribution >= 0.6 is 0 Å². The second-order valence-electron chi connectivity index (χ2n) is 5.91. The van der Waals surface area contributed by atoms with Gasteiger partial charge in [-0.25, -0.2) is 10.9 Å². The predicted octanol–water partition coefficient (Wildman–Crippen LogP) is 1.47. The predicted molar refractivity (Wildman–Crippen MR) is 88.7 cm³/mol. The van der Waals surface area contributed by atoms with Gasteiger partial charge in [-0.1, -0.05) is 30.3 Å². The van der Waals surface area contributed by atoms with Gasteiger partial charge in [0, 0.05) is 12.2 Å². The molecule has 2 atom stereocenters. The van der Waals surface area contributed by atoms with Crippen LogP contribution in [0.25, 0.3) is 0 Å². The summed E-state index contributed by atoms with van der Waals surface area (Å²) in [7, 11) is 0. The Morgan fingerprint density at radius 2 is 1.78 bits per heavy atom. The van der Waals surface area contributed by atoms with Gasteiger partial charge in [0.1, 0.15) is 11.7 Å². The molecule has 10 heteroatoms. The maximum atomic E-state index is 12.5. The van der Waals surface area contributed by atoms with E-state index in [9.17, 15) is 22.8 Å². The molecule has 0 spiro atoms. The van der Waals surface area contributed by atoms with E-state index in [0.717, 1.165) is 17.8 Å². The zero-order valence-corrected chi connectivity index (χ0v) is 13.9. The molecule has 1 aliphatic heterocycles. The Labute approximate surface area is 152 Å². The van der Waals surface area contributed by atoms with Gasteiger partial charge in [-0.2, -0.15) is 13.2 Å². The summed E-state index contributed by atoms with van der Waals surface area (Å²) in [6.07, 6.45) is -3.32. The fraction of sp³-hybridized carbons (Fsp3) is 0.235. The summed E-state index contributed by atoms with van der Waals surface area (Å²) < 4.78 is 37.4. The van der Waals surface area contributed by atoms with Gasteiger partial charge >= 0.3 is 6.18 Å². The molecule has 1 fully saturated rings. The fourth-order valence-corrected chi connectivity index (χ4v) is 2.61. The number of nitrogens with zero attached hydrogens (tertiary/aromatic N) is 1. The van der Waals surface area contributed by atoms with E-state index in [1.165, 1.54) is 0 Å². The minimum atomic E-state index is -4.58. The van der Waals surface area contributed by atoms with E-state index in [-0.39, 0.29) is 11.6 Å². The van der Waals surface area contributed by atoms with Crippen LogP contribution in [0, 0.1) is 0 Å². The summed E-state index contributed by atoms with van der Waals surface area (Å²) in [6, 6.07) is 10.6. The molecule has 3 rings (SSSR count). The SMILES string of the molecule is O=C(NNC(=O)C1CC(c2ccccc2)NN1)c1ccc(C(F)(F)F)nc1. The van der Waals surface area contributed by atoms with E-state index in [2.05, 4.69) is 26.7 Å². The largest absolute Gasteiger partial charge is 0.433 e. The van der Waals surface area contributed by atoms with Gasteiger partial charge in [-0.15, -0.1) is 0 Å². The minimum Gasteiger partial charge on any atom is -0.271 e. The zero-order chi connectivity index (χ0) is 19.4. The van der Waals surface area contributed by atoms with Crippen LogP contribution in [0.15, 0.2) is 48.7 Å². The Morgan fingerprint density at radius 1 is 1.04 bits per heavy atom. The monoisotopic (exact) mass is 379 g/mol. The Balaban J connectivity index is 1.51. The Hall–Kier alpha value is -2.98. The Kier molecular flexibility index (Phi) is 5.38. The number of benzene rings is 1. The number of hydrazine groups is 2. The highest BCUT2D eigenvalue weighted by atomic mass is 19.4. The number of aromatic nitrogens is 1. The van der Waals surface area contributed by atoms with Gasteiger partial charge in [-0.3, -0.25) is 25.4 Å². The normalized spacial score (nSPS) is 19.5. The topological polar surface area (TPSA) is 95.2 Å². The summed E-state index contributed by atoms with van der Waals surface area (Å²) in [5.41, 5.74) is 10.1. The van der Waals surface area contributed by atoms with E-state index in [1.54, 1.807) is 0 Å². The molecule has 0 bridgehead atoms. The van der Waals surface area contributed by atoms with Crippen molar-refractivity contribution in [1.29, 1.82) is 0 Å². The van der Waals surface area contributed by atoms with Gasteiger partial charge in [0.05, 0.1) is 5.56 Å². The van der Waals surface area contributed by atoms with Crippen LogP contribution in [-0.4, -0.2) is 22.8 Å². The first-order valence-electron chi connectivity index (χ1n) is 8.04. The maximum Gasteiger partial charge on any atom is 0.433 e. The van der Waals surface area contributed by atoms with Crippen molar-refractivity contribution in [2.45, 2.75) is 24.7 Å². The van der Waals surface area contributed by atoms with E-state index in [0.29, 0.717) is 12.5 Å². The number of nitrogens with one attached hydrogen (secondary N) is 4. The van der Waals surface area contributed by atoms with E-state index in [1.807, 2.05) is 30.3 Å². The van der Waals surface area contributed by atoms with Crippen molar-refractivity contribution in [3.63, 3.8) is 0 Å². The molecule has 0 saturated carbocycles. The van der Waals surface area contributed by atoms with Crippen LogP contribution in [-0.2, 0) is 11.0 Å². The standard InChI is InChI=1S/C17H16F3N5O2/c18-17(19,20)14-7-6-11(9-21-14)15(26)24-25-16(27)13-8-12(22-23-13)10-4-2-1-3-5-10/h1-7,9,12-13,22-23H,8H2,(H,24,26)(H,25,27). The smallest absolute Gasteiger partial charge is 0.271 e. The molecule has 2 unspecified atom stereocenters. The molecule has 1 aromatic heterocycles. The molecule has 27 heavy (non-hydrogen) atoms. The molecule has 0 aliphatic carbocycles. The average Bonchev–Trinajstić information content (AvgIpc) is 3.16. The summed E-state index contributed by atoms with van der Waals surface area (Å²) >= 11 is 0. The van der Waals surface area contributed by atoms with Crippen LogP contribution in [0.5, 0.6) is 0 Å². The molecule has 2 aromatic rings. The highest BCUT2D eigenvalue weighted by molar-refractivity contribution is 5.95. The summed E-state index contributed by atoms with van der Waals surface area (Å²) in [5, 5.41) is 0. The number of hydrogen-bond acceptors (Lipinski definition) is 5. The van der Waals surface area contributed by atoms with Crippen LogP contribution in [0.4, 0.5) is 13.2 Å². The zero-order valence-electron chi connectivity index (χ0n) is 13.9. The molecule has 1 saturated heterocycles. The maximum absolute atomic E-state index is 12.5. The van der Waals surface area contributed by atoms with Crippen LogP contribution in [0.3, 0.4) is 0 Å². The molecule has 1 aromatic carbocycles. The molecule has 2 heterocycles. The van der Waals surface area contributed by atoms with Crippen molar-refractivity contribution >= 4 is 11.8 Å². The highest BCUT2D eigenvalue weighted by Gasteiger charge is 2.32. The number of carbonyl (C=O) groups is 2. The minimum absolute atomic E-state index is 0.0586. The second-order valence-corrected chi connectivity index (χ2v) is 5.91. The lowest BCUT2D eigenvalue weighted by molar-refractivity contribution is -0.141. The lowest BCUT2D eigenvalue weighted by Crippen LogP contribution is -2.50. The van der Waals surface area contributed by atoms with Gasteiger partial charge in [0.15, 0.2) is 0 Å². The van der Waals surface area contributed by atoms with E-state index in [4.69, 9.17) is 0 Å². The number of pyridine rings is 1. The molecule has 1 aliphatic rings. The lowest BCUT2D eigenvalue weighted by atomic mass is 10.0. The molecular formula is C17H16F3N5O2. The third kappa shape index (κ3) is 4.60. The number of amides is 2. The number of alkyl halides is 3. The molecular weight excluding hydrogens is 363 g/mol. The van der Waals surface area contributed by atoms with Crippen molar-refractivity contribution in [3.05, 3.63) is 65.5 Å². The highest BCUT2D eigenvalue weighted by Crippen LogP contribution is 2.27. The first-order chi connectivity index (χ1) is 12.8. The molecule has 2 amide bonds. The summed E-state index contributed by atoms with van der Waals surface area (Å²) in [6.45, 7) is 0. The van der Waals surface area contributed by atoms with Crippen LogP contribution < -0.4 is 21.7 Å². The van der Waals surface area contributed by atoms with E-state index < -0.39 is 29.7 Å². The second kappa shape index (κ2) is 7.72. The number of halogens is 3. The van der Waals surface area contributed by atoms with Crippen molar-refractivity contribution in [3.8, 4) is 0 Å². The van der Waals surface area contributed by atoms with Gasteiger partial charge < -0.3 is 0 Å². The van der Waals surface area contributed by atoms with Crippen LogP contribution in [0.2, 0.25) is 0 Å².